The minimum absolute atomic E-state index is 0.584. The highest BCUT2D eigenvalue weighted by Crippen LogP contribution is 2.25. The molecule has 0 unspecified atom stereocenters. The molecule has 0 aliphatic carbocycles. The Hall–Kier alpha value is 0.970. The van der Waals surface area contributed by atoms with E-state index >= 15 is 0 Å². The molecule has 0 aliphatic heterocycles. The van der Waals surface area contributed by atoms with Crippen molar-refractivity contribution < 1.29 is 9.78 Å². The summed E-state index contributed by atoms with van der Waals surface area (Å²) >= 11 is 11.8. The molecule has 0 radical (unpaired) electrons. The van der Waals surface area contributed by atoms with E-state index in [1.807, 2.05) is 0 Å². The third-order valence-corrected chi connectivity index (χ3v) is 3.23. The lowest BCUT2D eigenvalue weighted by atomic mass is 10.1. The molecule has 0 aromatic heterocycles. The average Bonchev–Trinajstić information content (AvgIpc) is 2.34. The molecule has 2 nitrogen and oxygen atoms in total. The van der Waals surface area contributed by atoms with E-state index in [0.717, 1.165) is 6.42 Å². The van der Waals surface area contributed by atoms with Gasteiger partial charge in [0.2, 0.25) is 3.60 Å². The molecule has 0 heterocycles. The second-order valence-corrected chi connectivity index (χ2v) is 7.96. The molecule has 0 rings (SSSR count). The Balaban J connectivity index is 2.99. The number of hydrogen-bond acceptors (Lipinski definition) is 5. The molecule has 0 aromatic carbocycles. The Kier molecular flexibility index (Phi) is 14.6. The molecule has 0 spiro atoms. The summed E-state index contributed by atoms with van der Waals surface area (Å²) < 4.78 is -1.10. The Bertz CT molecular complexity index is 184. The molecule has 0 aliphatic rings. The first-order valence-electron chi connectivity index (χ1n) is 7.54. The molecule has 19 heavy (non-hydrogen) atoms. The first kappa shape index (κ1) is 20.0. The van der Waals surface area contributed by atoms with Crippen molar-refractivity contribution >= 4 is 37.9 Å². The molecular weight excluding hydrogens is 296 g/mol. The monoisotopic (exact) mass is 326 g/mol. The summed E-state index contributed by atoms with van der Waals surface area (Å²) in [4.78, 5) is 9.77. The lowest BCUT2D eigenvalue weighted by Gasteiger charge is -2.14. The van der Waals surface area contributed by atoms with Crippen molar-refractivity contribution in [2.45, 2.75) is 81.1 Å². The SMILES string of the molecule is CCCCCCCCCCCCCOOC(S)(S)S. The van der Waals surface area contributed by atoms with Gasteiger partial charge in [0, 0.05) is 0 Å². The maximum absolute atomic E-state index is 4.95. The fraction of sp³-hybridized carbons (Fsp3) is 1.00. The highest BCUT2D eigenvalue weighted by molar-refractivity contribution is 8.16. The van der Waals surface area contributed by atoms with Gasteiger partial charge in [-0.1, -0.05) is 71.1 Å². The first-order valence-corrected chi connectivity index (χ1v) is 8.88. The van der Waals surface area contributed by atoms with E-state index in [0.29, 0.717) is 6.61 Å². The van der Waals surface area contributed by atoms with Crippen molar-refractivity contribution in [2.75, 3.05) is 6.61 Å². The van der Waals surface area contributed by atoms with Gasteiger partial charge in [0.05, 0.1) is 6.61 Å². The lowest BCUT2D eigenvalue weighted by molar-refractivity contribution is -0.294. The topological polar surface area (TPSA) is 18.5 Å². The predicted octanol–water partition coefficient (Wildman–Crippen LogP) is 5.65. The second-order valence-electron chi connectivity index (χ2n) is 5.01. The Morgan fingerprint density at radius 2 is 1.11 bits per heavy atom. The summed E-state index contributed by atoms with van der Waals surface area (Å²) in [6.45, 7) is 2.85. The van der Waals surface area contributed by atoms with Gasteiger partial charge in [0.1, 0.15) is 0 Å². The van der Waals surface area contributed by atoms with Crippen molar-refractivity contribution in [3.05, 3.63) is 0 Å². The Labute approximate surface area is 135 Å². The van der Waals surface area contributed by atoms with E-state index in [4.69, 9.17) is 9.78 Å². The number of rotatable bonds is 14. The van der Waals surface area contributed by atoms with Crippen LogP contribution in [0.15, 0.2) is 0 Å². The molecule has 116 valence electrons. The molecule has 0 amide bonds. The summed E-state index contributed by atoms with van der Waals surface area (Å²) in [6, 6.07) is 0. The maximum Gasteiger partial charge on any atom is 0.232 e. The van der Waals surface area contributed by atoms with Gasteiger partial charge in [-0.2, -0.15) is 4.89 Å². The number of hydrogen-bond donors (Lipinski definition) is 3. The van der Waals surface area contributed by atoms with Gasteiger partial charge in [-0.05, 0) is 6.42 Å². The van der Waals surface area contributed by atoms with Gasteiger partial charge >= 0.3 is 0 Å². The van der Waals surface area contributed by atoms with E-state index in [1.54, 1.807) is 0 Å². The third-order valence-electron chi connectivity index (χ3n) is 3.00. The van der Waals surface area contributed by atoms with E-state index in [-0.39, 0.29) is 0 Å². The maximum atomic E-state index is 4.95. The van der Waals surface area contributed by atoms with E-state index in [1.165, 1.54) is 64.2 Å². The predicted molar refractivity (Wildman–Crippen MR) is 93.2 cm³/mol. The van der Waals surface area contributed by atoms with Gasteiger partial charge in [-0.25, -0.2) is 4.89 Å². The van der Waals surface area contributed by atoms with Crippen LogP contribution < -0.4 is 0 Å². The molecule has 0 saturated heterocycles. The summed E-state index contributed by atoms with van der Waals surface area (Å²) in [5.74, 6) is 0. The van der Waals surface area contributed by atoms with Crippen LogP contribution in [0.5, 0.6) is 0 Å². The molecule has 0 N–H and O–H groups in total. The van der Waals surface area contributed by atoms with Crippen molar-refractivity contribution in [3.63, 3.8) is 0 Å². The molecule has 0 fully saturated rings. The van der Waals surface area contributed by atoms with Crippen LogP contribution in [0, 0.1) is 0 Å². The van der Waals surface area contributed by atoms with Crippen molar-refractivity contribution in [1.29, 1.82) is 0 Å². The van der Waals surface area contributed by atoms with Crippen LogP contribution in [0.4, 0.5) is 0 Å². The fourth-order valence-electron chi connectivity index (χ4n) is 1.95. The van der Waals surface area contributed by atoms with E-state index in [2.05, 4.69) is 44.8 Å². The van der Waals surface area contributed by atoms with E-state index in [9.17, 15) is 0 Å². The fourth-order valence-corrected chi connectivity index (χ4v) is 2.10. The van der Waals surface area contributed by atoms with Crippen molar-refractivity contribution in [1.82, 2.24) is 0 Å². The van der Waals surface area contributed by atoms with Gasteiger partial charge in [0.25, 0.3) is 0 Å². The highest BCUT2D eigenvalue weighted by Gasteiger charge is 2.14. The smallest absolute Gasteiger partial charge is 0.232 e. The van der Waals surface area contributed by atoms with Crippen LogP contribution in [0.1, 0.15) is 77.6 Å². The van der Waals surface area contributed by atoms with Gasteiger partial charge in [-0.15, -0.1) is 37.9 Å². The molecule has 0 saturated carbocycles. The Morgan fingerprint density at radius 3 is 1.53 bits per heavy atom. The Morgan fingerprint density at radius 1 is 0.684 bits per heavy atom. The third kappa shape index (κ3) is 19.0. The lowest BCUT2D eigenvalue weighted by Crippen LogP contribution is -2.10. The standard InChI is InChI=1S/C14H30O2S3/c1-2-3-4-5-6-7-8-9-10-11-12-13-15-16-14(17,18)19/h17-19H,2-13H2,1H3. The van der Waals surface area contributed by atoms with Gasteiger partial charge in [-0.3, -0.25) is 0 Å². The average molecular weight is 327 g/mol. The molecule has 5 heteroatoms. The highest BCUT2D eigenvalue weighted by atomic mass is 32.2. The van der Waals surface area contributed by atoms with Gasteiger partial charge in [0.15, 0.2) is 0 Å². The van der Waals surface area contributed by atoms with Gasteiger partial charge < -0.3 is 0 Å². The minimum Gasteiger partial charge on any atom is -0.234 e. The van der Waals surface area contributed by atoms with Crippen LogP contribution in [0.2, 0.25) is 0 Å². The van der Waals surface area contributed by atoms with Crippen molar-refractivity contribution in [2.24, 2.45) is 0 Å². The van der Waals surface area contributed by atoms with E-state index < -0.39 is 3.60 Å². The summed E-state index contributed by atoms with van der Waals surface area (Å²) in [5.41, 5.74) is 0. The first-order chi connectivity index (χ1) is 9.06. The summed E-state index contributed by atoms with van der Waals surface area (Å²) in [6.07, 6.45) is 14.6. The number of unbranched alkanes of at least 4 members (excludes halogenated alkanes) is 10. The van der Waals surface area contributed by atoms with Crippen LogP contribution in [-0.2, 0) is 9.78 Å². The molecule has 0 bridgehead atoms. The van der Waals surface area contributed by atoms with Crippen LogP contribution in [0.25, 0.3) is 0 Å². The quantitative estimate of drug-likeness (QED) is 0.126. The number of thiol groups is 3. The second kappa shape index (κ2) is 13.9. The molecule has 0 aromatic rings. The largest absolute Gasteiger partial charge is 0.234 e. The zero-order valence-corrected chi connectivity index (χ0v) is 14.8. The molecule has 0 atom stereocenters. The summed E-state index contributed by atoms with van der Waals surface area (Å²) in [7, 11) is 0. The molecular formula is C14H30O2S3. The van der Waals surface area contributed by atoms with Crippen LogP contribution >= 0.6 is 37.9 Å². The van der Waals surface area contributed by atoms with Crippen LogP contribution in [-0.4, -0.2) is 10.2 Å². The minimum atomic E-state index is -1.10. The zero-order valence-electron chi connectivity index (χ0n) is 12.1. The normalized spacial score (nSPS) is 12.0. The van der Waals surface area contributed by atoms with Crippen LogP contribution in [0.3, 0.4) is 0 Å². The summed E-state index contributed by atoms with van der Waals surface area (Å²) in [5, 5.41) is 0. The zero-order chi connectivity index (χ0) is 14.4. The van der Waals surface area contributed by atoms with Crippen molar-refractivity contribution in [3.8, 4) is 0 Å².